The summed E-state index contributed by atoms with van der Waals surface area (Å²) >= 11 is 0. The van der Waals surface area contributed by atoms with Crippen LogP contribution < -0.4 is 4.74 Å². The van der Waals surface area contributed by atoms with Crippen molar-refractivity contribution in [3.05, 3.63) is 77.9 Å². The van der Waals surface area contributed by atoms with Gasteiger partial charge in [-0.2, -0.15) is 5.26 Å². The molecule has 2 rings (SSSR count). The van der Waals surface area contributed by atoms with E-state index in [0.29, 0.717) is 5.57 Å². The molecule has 0 radical (unpaired) electrons. The number of rotatable bonds is 4. The van der Waals surface area contributed by atoms with Gasteiger partial charge in [0.2, 0.25) is 0 Å². The highest BCUT2D eigenvalue weighted by molar-refractivity contribution is 5.87. The average molecular weight is 261 g/mol. The minimum absolute atomic E-state index is 0.546. The number of allylic oxidation sites excluding steroid dienone is 2. The quantitative estimate of drug-likeness (QED) is 0.606. The van der Waals surface area contributed by atoms with Crippen molar-refractivity contribution < 1.29 is 4.74 Å². The summed E-state index contributed by atoms with van der Waals surface area (Å²) in [5, 5.41) is 9.34. The van der Waals surface area contributed by atoms with Crippen LogP contribution in [0.4, 0.5) is 0 Å². The molecule has 0 aromatic heterocycles. The van der Waals surface area contributed by atoms with E-state index in [2.05, 4.69) is 12.6 Å². The van der Waals surface area contributed by atoms with Gasteiger partial charge in [0.15, 0.2) is 0 Å². The molecule has 0 aliphatic carbocycles. The Balaban J connectivity index is 2.35. The Hall–Kier alpha value is -2.79. The summed E-state index contributed by atoms with van der Waals surface area (Å²) in [5.41, 5.74) is 3.13. The molecule has 0 saturated heterocycles. The van der Waals surface area contributed by atoms with Crippen molar-refractivity contribution in [2.24, 2.45) is 0 Å². The predicted octanol–water partition coefficient (Wildman–Crippen LogP) is 4.32. The molecule has 0 fully saturated rings. The minimum Gasteiger partial charge on any atom is -0.497 e. The van der Waals surface area contributed by atoms with Gasteiger partial charge in [-0.05, 0) is 34.9 Å². The molecular formula is C18H15NO. The molecule has 0 amide bonds. The van der Waals surface area contributed by atoms with Gasteiger partial charge in [0.25, 0.3) is 0 Å². The fourth-order valence-corrected chi connectivity index (χ4v) is 1.88. The highest BCUT2D eigenvalue weighted by atomic mass is 16.5. The van der Waals surface area contributed by atoms with E-state index in [1.54, 1.807) is 7.11 Å². The summed E-state index contributed by atoms with van der Waals surface area (Å²) in [7, 11) is 1.62. The molecule has 0 aliphatic heterocycles. The van der Waals surface area contributed by atoms with Crippen molar-refractivity contribution in [1.82, 2.24) is 0 Å². The molecule has 0 atom stereocenters. The maximum atomic E-state index is 9.34. The van der Waals surface area contributed by atoms with Gasteiger partial charge in [0.1, 0.15) is 5.75 Å². The molecule has 2 aromatic carbocycles. The Morgan fingerprint density at radius 2 is 1.90 bits per heavy atom. The second kappa shape index (κ2) is 6.40. The second-order valence-corrected chi connectivity index (χ2v) is 4.29. The van der Waals surface area contributed by atoms with Gasteiger partial charge in [0, 0.05) is 0 Å². The van der Waals surface area contributed by atoms with Crippen molar-refractivity contribution in [1.29, 1.82) is 5.26 Å². The van der Waals surface area contributed by atoms with Crippen LogP contribution in [-0.2, 0) is 0 Å². The fraction of sp³-hybridized carbons (Fsp3) is 0.0556. The summed E-state index contributed by atoms with van der Waals surface area (Å²) in [4.78, 5) is 0. The standard InChI is InChI=1S/C18H15NO/c1-14(16-8-4-3-5-9-16)17(13-19)11-15-7-6-10-18(12-15)20-2/h3-12H,1H2,2H3/b17-11+. The average Bonchev–Trinajstić information content (AvgIpc) is 2.53. The first-order valence-corrected chi connectivity index (χ1v) is 6.25. The van der Waals surface area contributed by atoms with Crippen molar-refractivity contribution in [2.75, 3.05) is 7.11 Å². The minimum atomic E-state index is 0.546. The smallest absolute Gasteiger partial charge is 0.119 e. The summed E-state index contributed by atoms with van der Waals surface area (Å²) in [5.74, 6) is 0.765. The monoisotopic (exact) mass is 261 g/mol. The van der Waals surface area contributed by atoms with Crippen LogP contribution in [0.15, 0.2) is 66.7 Å². The lowest BCUT2D eigenvalue weighted by Crippen LogP contribution is -1.87. The molecular weight excluding hydrogens is 246 g/mol. The van der Waals surface area contributed by atoms with Crippen molar-refractivity contribution in [2.45, 2.75) is 0 Å². The maximum absolute atomic E-state index is 9.34. The van der Waals surface area contributed by atoms with Crippen LogP contribution in [0.3, 0.4) is 0 Å². The van der Waals surface area contributed by atoms with E-state index in [9.17, 15) is 5.26 Å². The van der Waals surface area contributed by atoms with Gasteiger partial charge in [-0.1, -0.05) is 49.0 Å². The van der Waals surface area contributed by atoms with Crippen LogP contribution in [0.25, 0.3) is 11.6 Å². The first kappa shape index (κ1) is 13.6. The fourth-order valence-electron chi connectivity index (χ4n) is 1.88. The molecule has 98 valence electrons. The van der Waals surface area contributed by atoms with E-state index in [1.165, 1.54) is 0 Å². The zero-order chi connectivity index (χ0) is 14.4. The summed E-state index contributed by atoms with van der Waals surface area (Å²) in [6, 6.07) is 19.5. The highest BCUT2D eigenvalue weighted by Gasteiger charge is 2.05. The SMILES string of the molecule is C=C(/C(C#N)=C/c1cccc(OC)c1)c1ccccc1. The number of hydrogen-bond acceptors (Lipinski definition) is 2. The summed E-state index contributed by atoms with van der Waals surface area (Å²) < 4.78 is 5.18. The summed E-state index contributed by atoms with van der Waals surface area (Å²) in [6.07, 6.45) is 1.82. The lowest BCUT2D eigenvalue weighted by molar-refractivity contribution is 0.414. The van der Waals surface area contributed by atoms with E-state index in [-0.39, 0.29) is 0 Å². The molecule has 0 N–H and O–H groups in total. The van der Waals surface area contributed by atoms with Crippen LogP contribution in [0.1, 0.15) is 11.1 Å². The van der Waals surface area contributed by atoms with E-state index in [0.717, 1.165) is 22.4 Å². The first-order chi connectivity index (χ1) is 9.74. The van der Waals surface area contributed by atoms with Crippen LogP contribution in [0.5, 0.6) is 5.75 Å². The molecule has 0 heterocycles. The van der Waals surface area contributed by atoms with Crippen molar-refractivity contribution in [3.8, 4) is 11.8 Å². The molecule has 0 unspecified atom stereocenters. The van der Waals surface area contributed by atoms with Gasteiger partial charge >= 0.3 is 0 Å². The van der Waals surface area contributed by atoms with Gasteiger partial charge in [-0.15, -0.1) is 0 Å². The zero-order valence-electron chi connectivity index (χ0n) is 11.3. The van der Waals surface area contributed by atoms with Crippen molar-refractivity contribution >= 4 is 11.6 Å². The molecule has 20 heavy (non-hydrogen) atoms. The molecule has 0 bridgehead atoms. The lowest BCUT2D eigenvalue weighted by Gasteiger charge is -2.05. The molecule has 2 nitrogen and oxygen atoms in total. The molecule has 2 heteroatoms. The largest absolute Gasteiger partial charge is 0.497 e. The zero-order valence-corrected chi connectivity index (χ0v) is 11.3. The van der Waals surface area contributed by atoms with Crippen LogP contribution in [-0.4, -0.2) is 7.11 Å². The van der Waals surface area contributed by atoms with Gasteiger partial charge < -0.3 is 4.74 Å². The van der Waals surface area contributed by atoms with Crippen LogP contribution in [0.2, 0.25) is 0 Å². The summed E-state index contributed by atoms with van der Waals surface area (Å²) in [6.45, 7) is 4.01. The van der Waals surface area contributed by atoms with Gasteiger partial charge in [-0.25, -0.2) is 0 Å². The first-order valence-electron chi connectivity index (χ1n) is 6.25. The van der Waals surface area contributed by atoms with Gasteiger partial charge in [-0.3, -0.25) is 0 Å². The predicted molar refractivity (Wildman–Crippen MR) is 82.1 cm³/mol. The van der Waals surface area contributed by atoms with Crippen LogP contribution in [0, 0.1) is 11.3 Å². The second-order valence-electron chi connectivity index (χ2n) is 4.29. The van der Waals surface area contributed by atoms with E-state index in [1.807, 2.05) is 60.7 Å². The lowest BCUT2D eigenvalue weighted by atomic mass is 9.98. The number of nitriles is 1. The Morgan fingerprint density at radius 1 is 1.15 bits per heavy atom. The molecule has 0 spiro atoms. The van der Waals surface area contributed by atoms with E-state index < -0.39 is 0 Å². The van der Waals surface area contributed by atoms with Crippen LogP contribution >= 0.6 is 0 Å². The van der Waals surface area contributed by atoms with E-state index >= 15 is 0 Å². The molecule has 0 saturated carbocycles. The number of benzene rings is 2. The Morgan fingerprint density at radius 3 is 2.55 bits per heavy atom. The molecule has 2 aromatic rings. The third-order valence-corrected chi connectivity index (χ3v) is 2.97. The van der Waals surface area contributed by atoms with Crippen molar-refractivity contribution in [3.63, 3.8) is 0 Å². The number of hydrogen-bond donors (Lipinski definition) is 0. The third-order valence-electron chi connectivity index (χ3n) is 2.97. The van der Waals surface area contributed by atoms with E-state index in [4.69, 9.17) is 4.74 Å². The third kappa shape index (κ3) is 3.15. The number of methoxy groups -OCH3 is 1. The highest BCUT2D eigenvalue weighted by Crippen LogP contribution is 2.23. The Labute approximate surface area is 119 Å². The normalized spacial score (nSPS) is 10.7. The molecule has 0 aliphatic rings. The van der Waals surface area contributed by atoms with Gasteiger partial charge in [0.05, 0.1) is 18.8 Å². The number of nitrogens with zero attached hydrogens (tertiary/aromatic N) is 1. The topological polar surface area (TPSA) is 33.0 Å². The number of ether oxygens (including phenoxy) is 1. The Kier molecular flexibility index (Phi) is 4.36. The maximum Gasteiger partial charge on any atom is 0.119 e. The Bertz CT molecular complexity index is 678.